The van der Waals surface area contributed by atoms with Crippen LogP contribution in [0.25, 0.3) is 0 Å². The quantitative estimate of drug-likeness (QED) is 0.625. The van der Waals surface area contributed by atoms with Crippen molar-refractivity contribution < 1.29 is 14.4 Å². The molecule has 0 saturated carbocycles. The number of aromatic nitrogens is 1. The molecule has 0 aliphatic heterocycles. The second-order valence-electron chi connectivity index (χ2n) is 6.60. The first-order valence-corrected chi connectivity index (χ1v) is 9.19. The molecule has 6 heteroatoms. The van der Waals surface area contributed by atoms with Crippen molar-refractivity contribution in [2.24, 2.45) is 0 Å². The van der Waals surface area contributed by atoms with Crippen LogP contribution in [-0.4, -0.2) is 22.6 Å². The van der Waals surface area contributed by atoms with Gasteiger partial charge in [-0.2, -0.15) is 0 Å². The molecule has 3 aromatic rings. The van der Waals surface area contributed by atoms with Gasteiger partial charge in [-0.15, -0.1) is 0 Å². The average molecular weight is 387 g/mol. The number of rotatable bonds is 6. The van der Waals surface area contributed by atoms with Gasteiger partial charge in [0.05, 0.1) is 6.04 Å². The van der Waals surface area contributed by atoms with E-state index in [9.17, 15) is 14.4 Å². The van der Waals surface area contributed by atoms with E-state index in [1.165, 1.54) is 13.0 Å². The second-order valence-corrected chi connectivity index (χ2v) is 6.60. The molecular weight excluding hydrogens is 366 g/mol. The van der Waals surface area contributed by atoms with Crippen LogP contribution in [0.2, 0.25) is 0 Å². The lowest BCUT2D eigenvalue weighted by molar-refractivity contribution is 0.0933. The van der Waals surface area contributed by atoms with E-state index in [1.807, 2.05) is 37.3 Å². The van der Waals surface area contributed by atoms with Gasteiger partial charge >= 0.3 is 0 Å². The molecule has 29 heavy (non-hydrogen) atoms. The van der Waals surface area contributed by atoms with Gasteiger partial charge in [0, 0.05) is 11.3 Å². The lowest BCUT2D eigenvalue weighted by atomic mass is 10.1. The van der Waals surface area contributed by atoms with Crippen molar-refractivity contribution >= 4 is 23.3 Å². The lowest BCUT2D eigenvalue weighted by Crippen LogP contribution is -2.28. The molecule has 1 aromatic heterocycles. The number of carbonyl (C=O) groups is 3. The Balaban J connectivity index is 1.68. The van der Waals surface area contributed by atoms with Gasteiger partial charge in [-0.1, -0.05) is 36.4 Å². The summed E-state index contributed by atoms with van der Waals surface area (Å²) in [5.41, 5.74) is 2.36. The number of hydrogen-bond donors (Lipinski definition) is 2. The van der Waals surface area contributed by atoms with Crippen LogP contribution < -0.4 is 10.6 Å². The molecule has 0 spiro atoms. The van der Waals surface area contributed by atoms with Crippen LogP contribution in [0.15, 0.2) is 72.8 Å². The summed E-state index contributed by atoms with van der Waals surface area (Å²) in [7, 11) is 0. The number of hydrogen-bond acceptors (Lipinski definition) is 4. The summed E-state index contributed by atoms with van der Waals surface area (Å²) in [4.78, 5) is 40.5. The van der Waals surface area contributed by atoms with Crippen molar-refractivity contribution in [1.29, 1.82) is 0 Å². The van der Waals surface area contributed by atoms with Crippen molar-refractivity contribution in [3.63, 3.8) is 0 Å². The van der Waals surface area contributed by atoms with Crippen LogP contribution in [0, 0.1) is 0 Å². The monoisotopic (exact) mass is 387 g/mol. The molecule has 146 valence electrons. The predicted molar refractivity (Wildman–Crippen MR) is 111 cm³/mol. The van der Waals surface area contributed by atoms with E-state index in [0.29, 0.717) is 11.3 Å². The SMILES string of the molecule is CC(=O)c1ccc(NC(=O)c2cccc(C(=O)NC(C)c3ccccc3)n2)cc1. The van der Waals surface area contributed by atoms with Gasteiger partial charge in [-0.05, 0) is 55.8 Å². The molecule has 0 fully saturated rings. The van der Waals surface area contributed by atoms with E-state index >= 15 is 0 Å². The normalized spacial score (nSPS) is 11.4. The Morgan fingerprint density at radius 2 is 1.41 bits per heavy atom. The van der Waals surface area contributed by atoms with E-state index in [2.05, 4.69) is 15.6 Å². The number of carbonyl (C=O) groups excluding carboxylic acids is 3. The molecule has 0 radical (unpaired) electrons. The summed E-state index contributed by atoms with van der Waals surface area (Å²) in [5, 5.41) is 5.59. The van der Waals surface area contributed by atoms with Gasteiger partial charge in [0.2, 0.25) is 0 Å². The molecule has 2 N–H and O–H groups in total. The number of pyridine rings is 1. The molecule has 0 saturated heterocycles. The van der Waals surface area contributed by atoms with Gasteiger partial charge in [-0.25, -0.2) is 4.98 Å². The molecule has 3 rings (SSSR count). The predicted octanol–water partition coefficient (Wildman–Crippen LogP) is 4.03. The fraction of sp³-hybridized carbons (Fsp3) is 0.130. The summed E-state index contributed by atoms with van der Waals surface area (Å²) >= 11 is 0. The van der Waals surface area contributed by atoms with Crippen LogP contribution in [0.3, 0.4) is 0 Å². The third-order valence-corrected chi connectivity index (χ3v) is 4.41. The van der Waals surface area contributed by atoms with Crippen molar-refractivity contribution in [2.45, 2.75) is 19.9 Å². The molecule has 0 aliphatic carbocycles. The third-order valence-electron chi connectivity index (χ3n) is 4.41. The van der Waals surface area contributed by atoms with Gasteiger partial charge in [0.1, 0.15) is 11.4 Å². The smallest absolute Gasteiger partial charge is 0.274 e. The van der Waals surface area contributed by atoms with Crippen molar-refractivity contribution in [1.82, 2.24) is 10.3 Å². The summed E-state index contributed by atoms with van der Waals surface area (Å²) in [6.45, 7) is 3.36. The Hall–Kier alpha value is -3.80. The molecule has 0 bridgehead atoms. The number of amides is 2. The molecular formula is C23H21N3O3. The van der Waals surface area contributed by atoms with Crippen LogP contribution in [0.1, 0.15) is 56.8 Å². The Labute approximate surface area is 169 Å². The molecule has 6 nitrogen and oxygen atoms in total. The van der Waals surface area contributed by atoms with Crippen molar-refractivity contribution in [2.75, 3.05) is 5.32 Å². The Kier molecular flexibility index (Phi) is 6.14. The molecule has 1 unspecified atom stereocenters. The number of nitrogens with one attached hydrogen (secondary N) is 2. The summed E-state index contributed by atoms with van der Waals surface area (Å²) in [6, 6.07) is 20.7. The first kappa shape index (κ1) is 19.9. The van der Waals surface area contributed by atoms with Crippen LogP contribution >= 0.6 is 0 Å². The zero-order valence-corrected chi connectivity index (χ0v) is 16.2. The Morgan fingerprint density at radius 3 is 2.03 bits per heavy atom. The fourth-order valence-electron chi connectivity index (χ4n) is 2.77. The van der Waals surface area contributed by atoms with Gasteiger partial charge in [0.25, 0.3) is 11.8 Å². The number of ketones is 1. The lowest BCUT2D eigenvalue weighted by Gasteiger charge is -2.14. The van der Waals surface area contributed by atoms with Crippen molar-refractivity contribution in [3.05, 3.63) is 95.3 Å². The van der Waals surface area contributed by atoms with Crippen LogP contribution in [-0.2, 0) is 0 Å². The maximum Gasteiger partial charge on any atom is 0.274 e. The van der Waals surface area contributed by atoms with E-state index in [0.717, 1.165) is 5.56 Å². The van der Waals surface area contributed by atoms with E-state index < -0.39 is 5.91 Å². The first-order chi connectivity index (χ1) is 13.9. The Morgan fingerprint density at radius 1 is 0.793 bits per heavy atom. The highest BCUT2D eigenvalue weighted by Gasteiger charge is 2.15. The number of Topliss-reactive ketones (excluding diaryl/α,β-unsaturated/α-hetero) is 1. The van der Waals surface area contributed by atoms with E-state index in [-0.39, 0.29) is 29.1 Å². The maximum atomic E-state index is 12.5. The molecule has 2 aromatic carbocycles. The minimum atomic E-state index is -0.439. The highest BCUT2D eigenvalue weighted by atomic mass is 16.2. The van der Waals surface area contributed by atoms with Gasteiger partial charge in [0.15, 0.2) is 5.78 Å². The van der Waals surface area contributed by atoms with Gasteiger partial charge in [-0.3, -0.25) is 14.4 Å². The topological polar surface area (TPSA) is 88.2 Å². The van der Waals surface area contributed by atoms with E-state index in [4.69, 9.17) is 0 Å². The standard InChI is InChI=1S/C23H21N3O3/c1-15(17-7-4-3-5-8-17)24-22(28)20-9-6-10-21(26-20)23(29)25-19-13-11-18(12-14-19)16(2)27/h3-15H,1-2H3,(H,24,28)(H,25,29). The maximum absolute atomic E-state index is 12.5. The van der Waals surface area contributed by atoms with E-state index in [1.54, 1.807) is 36.4 Å². The van der Waals surface area contributed by atoms with Gasteiger partial charge < -0.3 is 10.6 Å². The fourth-order valence-corrected chi connectivity index (χ4v) is 2.77. The third kappa shape index (κ3) is 5.13. The molecule has 1 heterocycles. The summed E-state index contributed by atoms with van der Waals surface area (Å²) in [5.74, 6) is -0.846. The molecule has 0 aliphatic rings. The Bertz CT molecular complexity index is 1030. The second kappa shape index (κ2) is 8.93. The number of anilines is 1. The molecule has 2 amide bonds. The van der Waals surface area contributed by atoms with Crippen LogP contribution in [0.5, 0.6) is 0 Å². The largest absolute Gasteiger partial charge is 0.344 e. The highest BCUT2D eigenvalue weighted by molar-refractivity contribution is 6.04. The van der Waals surface area contributed by atoms with Crippen LogP contribution in [0.4, 0.5) is 5.69 Å². The van der Waals surface area contributed by atoms with Crippen molar-refractivity contribution in [3.8, 4) is 0 Å². The summed E-state index contributed by atoms with van der Waals surface area (Å²) < 4.78 is 0. The number of benzene rings is 2. The zero-order valence-electron chi connectivity index (χ0n) is 16.2. The number of nitrogens with zero attached hydrogens (tertiary/aromatic N) is 1. The molecule has 1 atom stereocenters. The minimum absolute atomic E-state index is 0.0482. The minimum Gasteiger partial charge on any atom is -0.344 e. The first-order valence-electron chi connectivity index (χ1n) is 9.19. The zero-order chi connectivity index (χ0) is 20.8. The average Bonchev–Trinajstić information content (AvgIpc) is 2.74. The summed E-state index contributed by atoms with van der Waals surface area (Å²) in [6.07, 6.45) is 0. The highest BCUT2D eigenvalue weighted by Crippen LogP contribution is 2.13.